The molecule has 0 saturated heterocycles. The van der Waals surface area contributed by atoms with Gasteiger partial charge in [-0.1, -0.05) is 75.4 Å². The molecule has 5 nitrogen and oxygen atoms in total. The average Bonchev–Trinajstić information content (AvgIpc) is 2.68. The lowest BCUT2D eigenvalue weighted by atomic mass is 9.83. The lowest BCUT2D eigenvalue weighted by Crippen LogP contribution is -2.24. The van der Waals surface area contributed by atoms with Crippen molar-refractivity contribution >= 4 is 27.3 Å². The van der Waals surface area contributed by atoms with E-state index in [9.17, 15) is 18.0 Å². The number of ketones is 2. The molecule has 0 fully saturated rings. The molecule has 6 heteroatoms. The number of fused-ring (bicyclic) bond motifs is 2. The summed E-state index contributed by atoms with van der Waals surface area (Å²) in [4.78, 5) is 25.7. The van der Waals surface area contributed by atoms with E-state index in [1.165, 1.54) is 12.5 Å². The van der Waals surface area contributed by atoms with Crippen molar-refractivity contribution in [3.63, 3.8) is 0 Å². The van der Waals surface area contributed by atoms with Gasteiger partial charge in [0.05, 0.1) is 17.0 Å². The van der Waals surface area contributed by atoms with Crippen molar-refractivity contribution in [2.75, 3.05) is 10.5 Å². The Labute approximate surface area is 166 Å². The molecular formula is C22H25NO4S. The van der Waals surface area contributed by atoms with Crippen LogP contribution >= 0.6 is 0 Å². The molecule has 1 aliphatic carbocycles. The first-order valence-corrected chi connectivity index (χ1v) is 11.4. The Hall–Kier alpha value is -2.47. The van der Waals surface area contributed by atoms with E-state index in [2.05, 4.69) is 11.6 Å². The number of anilines is 1. The van der Waals surface area contributed by atoms with Crippen LogP contribution in [0.3, 0.4) is 0 Å². The van der Waals surface area contributed by atoms with Crippen LogP contribution in [0.2, 0.25) is 0 Å². The molecule has 3 rings (SSSR count). The Morgan fingerprint density at radius 1 is 0.750 bits per heavy atom. The maximum absolute atomic E-state index is 12.9. The van der Waals surface area contributed by atoms with E-state index >= 15 is 0 Å². The normalized spacial score (nSPS) is 13.2. The number of sulfonamides is 1. The Bertz CT molecular complexity index is 995. The number of carbonyl (C=O) groups excluding carboxylic acids is 2. The molecule has 2 aromatic carbocycles. The first-order valence-electron chi connectivity index (χ1n) is 9.76. The van der Waals surface area contributed by atoms with Crippen LogP contribution in [-0.2, 0) is 10.0 Å². The van der Waals surface area contributed by atoms with Crippen molar-refractivity contribution in [2.45, 2.75) is 45.4 Å². The molecule has 0 unspecified atom stereocenters. The first-order chi connectivity index (χ1) is 13.4. The van der Waals surface area contributed by atoms with E-state index in [4.69, 9.17) is 0 Å². The highest BCUT2D eigenvalue weighted by Gasteiger charge is 2.32. The van der Waals surface area contributed by atoms with Crippen LogP contribution in [0.25, 0.3) is 0 Å². The Kier molecular flexibility index (Phi) is 6.29. The molecule has 0 aromatic heterocycles. The van der Waals surface area contributed by atoms with Crippen molar-refractivity contribution in [3.05, 3.63) is 64.7 Å². The third kappa shape index (κ3) is 4.33. The first kappa shape index (κ1) is 20.3. The molecule has 0 bridgehead atoms. The lowest BCUT2D eigenvalue weighted by Gasteiger charge is -2.20. The summed E-state index contributed by atoms with van der Waals surface area (Å²) in [6.07, 6.45) is 5.88. The van der Waals surface area contributed by atoms with E-state index in [0.717, 1.165) is 25.7 Å². The maximum atomic E-state index is 12.9. The summed E-state index contributed by atoms with van der Waals surface area (Å²) in [6.45, 7) is 2.14. The van der Waals surface area contributed by atoms with E-state index < -0.39 is 10.0 Å². The highest BCUT2D eigenvalue weighted by Crippen LogP contribution is 2.32. The number of benzene rings is 2. The van der Waals surface area contributed by atoms with Crippen LogP contribution in [0.5, 0.6) is 0 Å². The second kappa shape index (κ2) is 8.69. The SMILES string of the molecule is CCCCCCCCS(=O)(=O)Nc1cccc2c1C(=O)c1ccccc1C2=O. The van der Waals surface area contributed by atoms with Crippen molar-refractivity contribution in [3.8, 4) is 0 Å². The minimum absolute atomic E-state index is 0.00150. The molecule has 0 heterocycles. The van der Waals surface area contributed by atoms with Crippen molar-refractivity contribution in [2.24, 2.45) is 0 Å². The molecule has 1 aliphatic rings. The third-order valence-electron chi connectivity index (χ3n) is 4.98. The molecule has 1 N–H and O–H groups in total. The van der Waals surface area contributed by atoms with E-state index in [-0.39, 0.29) is 34.1 Å². The monoisotopic (exact) mass is 399 g/mol. The molecule has 0 amide bonds. The van der Waals surface area contributed by atoms with Crippen LogP contribution < -0.4 is 4.72 Å². The van der Waals surface area contributed by atoms with Gasteiger partial charge in [0.25, 0.3) is 0 Å². The predicted molar refractivity (Wildman–Crippen MR) is 111 cm³/mol. The maximum Gasteiger partial charge on any atom is 0.232 e. The van der Waals surface area contributed by atoms with Gasteiger partial charge in [-0.3, -0.25) is 14.3 Å². The minimum atomic E-state index is -3.59. The van der Waals surface area contributed by atoms with Gasteiger partial charge in [0.1, 0.15) is 0 Å². The zero-order valence-electron chi connectivity index (χ0n) is 16.0. The summed E-state index contributed by atoms with van der Waals surface area (Å²) in [5.74, 6) is -0.591. The molecular weight excluding hydrogens is 374 g/mol. The molecule has 0 spiro atoms. The third-order valence-corrected chi connectivity index (χ3v) is 6.34. The average molecular weight is 400 g/mol. The zero-order chi connectivity index (χ0) is 20.1. The number of hydrogen-bond acceptors (Lipinski definition) is 4. The second-order valence-electron chi connectivity index (χ2n) is 7.12. The van der Waals surface area contributed by atoms with Gasteiger partial charge in [0.15, 0.2) is 11.6 Å². The molecule has 0 saturated carbocycles. The molecule has 0 radical (unpaired) electrons. The summed E-state index contributed by atoms with van der Waals surface area (Å²) in [7, 11) is -3.59. The largest absolute Gasteiger partial charge is 0.289 e. The summed E-state index contributed by atoms with van der Waals surface area (Å²) in [6, 6.07) is 11.3. The molecule has 0 aliphatic heterocycles. The number of carbonyl (C=O) groups is 2. The van der Waals surface area contributed by atoms with Crippen molar-refractivity contribution < 1.29 is 18.0 Å². The standard InChI is InChI=1S/C22H25NO4S/c1-2-3-4-5-6-9-15-28(26,27)23-19-14-10-13-18-20(19)22(25)17-12-8-7-11-16(17)21(18)24/h7-8,10-14,23H,2-6,9,15H2,1H3. The summed E-state index contributed by atoms with van der Waals surface area (Å²) in [5.41, 5.74) is 1.21. The van der Waals surface area contributed by atoms with Crippen molar-refractivity contribution in [1.29, 1.82) is 0 Å². The second-order valence-corrected chi connectivity index (χ2v) is 8.96. The zero-order valence-corrected chi connectivity index (χ0v) is 16.8. The number of rotatable bonds is 9. The van der Waals surface area contributed by atoms with Crippen LogP contribution in [0, 0.1) is 0 Å². The van der Waals surface area contributed by atoms with Gasteiger partial charge in [-0.25, -0.2) is 8.42 Å². The van der Waals surface area contributed by atoms with Crippen LogP contribution in [-0.4, -0.2) is 25.7 Å². The Morgan fingerprint density at radius 2 is 1.36 bits per heavy atom. The fourth-order valence-corrected chi connectivity index (χ4v) is 4.71. The van der Waals surface area contributed by atoms with Gasteiger partial charge in [-0.2, -0.15) is 0 Å². The highest BCUT2D eigenvalue weighted by molar-refractivity contribution is 7.92. The summed E-state index contributed by atoms with van der Waals surface area (Å²) < 4.78 is 27.5. The molecule has 0 atom stereocenters. The molecule has 28 heavy (non-hydrogen) atoms. The highest BCUT2D eigenvalue weighted by atomic mass is 32.2. The Morgan fingerprint density at radius 3 is 2.07 bits per heavy atom. The van der Waals surface area contributed by atoms with Gasteiger partial charge in [0, 0.05) is 16.7 Å². The molecule has 2 aromatic rings. The van der Waals surface area contributed by atoms with Crippen LogP contribution in [0.15, 0.2) is 42.5 Å². The quantitative estimate of drug-likeness (QED) is 0.535. The molecule has 148 valence electrons. The fraction of sp³-hybridized carbons (Fsp3) is 0.364. The predicted octanol–water partition coefficient (Wildman–Crippen LogP) is 4.56. The fourth-order valence-electron chi connectivity index (χ4n) is 3.52. The van der Waals surface area contributed by atoms with Gasteiger partial charge < -0.3 is 0 Å². The van der Waals surface area contributed by atoms with E-state index in [1.54, 1.807) is 36.4 Å². The summed E-state index contributed by atoms with van der Waals surface area (Å²) in [5, 5.41) is 0. The summed E-state index contributed by atoms with van der Waals surface area (Å²) >= 11 is 0. The number of nitrogens with one attached hydrogen (secondary N) is 1. The van der Waals surface area contributed by atoms with E-state index in [1.807, 2.05) is 0 Å². The topological polar surface area (TPSA) is 80.3 Å². The minimum Gasteiger partial charge on any atom is -0.289 e. The van der Waals surface area contributed by atoms with Gasteiger partial charge in [0.2, 0.25) is 10.0 Å². The van der Waals surface area contributed by atoms with Gasteiger partial charge >= 0.3 is 0 Å². The Balaban J connectivity index is 1.78. The van der Waals surface area contributed by atoms with Gasteiger partial charge in [-0.15, -0.1) is 0 Å². The van der Waals surface area contributed by atoms with E-state index in [0.29, 0.717) is 17.5 Å². The number of hydrogen-bond donors (Lipinski definition) is 1. The van der Waals surface area contributed by atoms with Crippen LogP contribution in [0.1, 0.15) is 77.3 Å². The lowest BCUT2D eigenvalue weighted by molar-refractivity contribution is 0.0979. The van der Waals surface area contributed by atoms with Crippen LogP contribution in [0.4, 0.5) is 5.69 Å². The van der Waals surface area contributed by atoms with Crippen molar-refractivity contribution in [1.82, 2.24) is 0 Å². The smallest absolute Gasteiger partial charge is 0.232 e. The number of unbranched alkanes of at least 4 members (excludes halogenated alkanes) is 5. The van der Waals surface area contributed by atoms with Gasteiger partial charge in [-0.05, 0) is 12.5 Å².